The third-order valence-electron chi connectivity index (χ3n) is 2.18. The highest BCUT2D eigenvalue weighted by atomic mass is 16.5. The molecule has 0 saturated carbocycles. The van der Waals surface area contributed by atoms with Crippen molar-refractivity contribution in [1.29, 1.82) is 5.26 Å². The summed E-state index contributed by atoms with van der Waals surface area (Å²) in [5.74, 6) is -1.81. The molecule has 0 aliphatic rings. The van der Waals surface area contributed by atoms with Gasteiger partial charge in [-0.25, -0.2) is 4.79 Å². The normalized spacial score (nSPS) is 11.2. The average Bonchev–Trinajstić information content (AvgIpc) is 2.42. The van der Waals surface area contributed by atoms with Gasteiger partial charge < -0.3 is 20.3 Å². The smallest absolute Gasteiger partial charge is 0.328 e. The topological polar surface area (TPSA) is 120 Å². The van der Waals surface area contributed by atoms with Crippen LogP contribution in [-0.4, -0.2) is 41.3 Å². The van der Waals surface area contributed by atoms with Gasteiger partial charge in [0, 0.05) is 0 Å². The summed E-state index contributed by atoms with van der Waals surface area (Å²) < 4.78 is 5.11. The summed E-state index contributed by atoms with van der Waals surface area (Å²) in [6.07, 6.45) is 0. The lowest BCUT2D eigenvalue weighted by Crippen LogP contribution is -2.45. The summed E-state index contributed by atoms with van der Waals surface area (Å²) in [4.78, 5) is 22.0. The number of nitriles is 1. The fourth-order valence-corrected chi connectivity index (χ4v) is 1.25. The highest BCUT2D eigenvalue weighted by Gasteiger charge is 2.18. The molecule has 0 aromatic heterocycles. The van der Waals surface area contributed by atoms with Gasteiger partial charge in [0.05, 0.1) is 12.2 Å². The van der Waals surface area contributed by atoms with Crippen LogP contribution in [0.2, 0.25) is 0 Å². The van der Waals surface area contributed by atoms with Crippen LogP contribution in [-0.2, 0) is 9.59 Å². The van der Waals surface area contributed by atoms with Gasteiger partial charge in [0.25, 0.3) is 5.91 Å². The number of rotatable bonds is 6. The summed E-state index contributed by atoms with van der Waals surface area (Å²) in [5.41, 5.74) is 0.271. The van der Waals surface area contributed by atoms with Crippen LogP contribution in [0.15, 0.2) is 24.3 Å². The number of aliphatic carboxylic acids is 1. The van der Waals surface area contributed by atoms with Crippen molar-refractivity contribution in [2.24, 2.45) is 0 Å². The van der Waals surface area contributed by atoms with E-state index in [-0.39, 0.29) is 11.3 Å². The van der Waals surface area contributed by atoms with Gasteiger partial charge in [-0.3, -0.25) is 4.79 Å². The van der Waals surface area contributed by atoms with E-state index in [4.69, 9.17) is 20.2 Å². The van der Waals surface area contributed by atoms with E-state index in [2.05, 4.69) is 5.32 Å². The second kappa shape index (κ2) is 6.98. The number of carboxylic acids is 1. The lowest BCUT2D eigenvalue weighted by molar-refractivity contribution is -0.143. The molecule has 1 atom stereocenters. The molecule has 0 aliphatic heterocycles. The standard InChI is InChI=1S/C12H12N2O5/c13-5-8-3-1-2-4-10(8)19-7-11(16)14-9(6-15)12(17)18/h1-4,9,15H,6-7H2,(H,14,16)(H,17,18)/t9-/m0/s1. The third kappa shape index (κ3) is 4.29. The van der Waals surface area contributed by atoms with Crippen LogP contribution >= 0.6 is 0 Å². The number of hydrogen-bond acceptors (Lipinski definition) is 5. The number of benzene rings is 1. The number of aliphatic hydroxyl groups is 1. The monoisotopic (exact) mass is 264 g/mol. The van der Waals surface area contributed by atoms with Crippen LogP contribution in [0, 0.1) is 11.3 Å². The Labute approximate surface area is 109 Å². The number of ether oxygens (including phenoxy) is 1. The van der Waals surface area contributed by atoms with Gasteiger partial charge in [0.15, 0.2) is 6.61 Å². The van der Waals surface area contributed by atoms with E-state index < -0.39 is 31.1 Å². The number of amides is 1. The lowest BCUT2D eigenvalue weighted by atomic mass is 10.2. The molecular weight excluding hydrogens is 252 g/mol. The summed E-state index contributed by atoms with van der Waals surface area (Å²) in [7, 11) is 0. The quantitative estimate of drug-likeness (QED) is 0.637. The number of nitrogens with one attached hydrogen (secondary N) is 1. The van der Waals surface area contributed by atoms with Crippen molar-refractivity contribution in [3.63, 3.8) is 0 Å². The lowest BCUT2D eigenvalue weighted by Gasteiger charge is -2.12. The molecule has 1 aromatic carbocycles. The first-order valence-corrected chi connectivity index (χ1v) is 5.33. The number of carbonyl (C=O) groups excluding carboxylic acids is 1. The first-order chi connectivity index (χ1) is 9.08. The molecule has 1 rings (SSSR count). The Hall–Kier alpha value is -2.59. The van der Waals surface area contributed by atoms with Gasteiger partial charge in [-0.1, -0.05) is 12.1 Å². The number of carbonyl (C=O) groups is 2. The molecule has 7 heteroatoms. The first kappa shape index (κ1) is 14.5. The summed E-state index contributed by atoms with van der Waals surface area (Å²) in [6.45, 7) is -1.15. The zero-order valence-electron chi connectivity index (χ0n) is 9.87. The van der Waals surface area contributed by atoms with Crippen LogP contribution in [0.4, 0.5) is 0 Å². The van der Waals surface area contributed by atoms with Crippen molar-refractivity contribution in [1.82, 2.24) is 5.32 Å². The van der Waals surface area contributed by atoms with Crippen molar-refractivity contribution in [3.05, 3.63) is 29.8 Å². The first-order valence-electron chi connectivity index (χ1n) is 5.33. The van der Waals surface area contributed by atoms with E-state index >= 15 is 0 Å². The maximum Gasteiger partial charge on any atom is 0.328 e. The van der Waals surface area contributed by atoms with E-state index in [0.717, 1.165) is 0 Å². The van der Waals surface area contributed by atoms with Crippen LogP contribution < -0.4 is 10.1 Å². The van der Waals surface area contributed by atoms with E-state index in [1.807, 2.05) is 6.07 Å². The van der Waals surface area contributed by atoms with E-state index in [9.17, 15) is 9.59 Å². The molecule has 3 N–H and O–H groups in total. The molecule has 0 bridgehead atoms. The Kier molecular flexibility index (Phi) is 5.32. The predicted octanol–water partition coefficient (Wildman–Crippen LogP) is -0.501. The summed E-state index contributed by atoms with van der Waals surface area (Å²) in [5, 5.41) is 28.2. The second-order valence-electron chi connectivity index (χ2n) is 3.54. The number of para-hydroxylation sites is 1. The molecule has 1 aromatic rings. The zero-order valence-corrected chi connectivity index (χ0v) is 9.87. The molecule has 7 nitrogen and oxygen atoms in total. The van der Waals surface area contributed by atoms with Gasteiger partial charge >= 0.3 is 5.97 Å². The average molecular weight is 264 g/mol. The Morgan fingerprint density at radius 1 is 1.42 bits per heavy atom. The van der Waals surface area contributed by atoms with Crippen LogP contribution in [0.25, 0.3) is 0 Å². The predicted molar refractivity (Wildman–Crippen MR) is 63.3 cm³/mol. The minimum Gasteiger partial charge on any atom is -0.482 e. The van der Waals surface area contributed by atoms with Crippen molar-refractivity contribution >= 4 is 11.9 Å². The zero-order chi connectivity index (χ0) is 14.3. The molecular formula is C12H12N2O5. The van der Waals surface area contributed by atoms with Crippen LogP contribution in [0.3, 0.4) is 0 Å². The van der Waals surface area contributed by atoms with Crippen molar-refractivity contribution in [3.8, 4) is 11.8 Å². The highest BCUT2D eigenvalue weighted by Crippen LogP contribution is 2.16. The Balaban J connectivity index is 2.55. The van der Waals surface area contributed by atoms with E-state index in [1.54, 1.807) is 12.1 Å². The van der Waals surface area contributed by atoms with Crippen LogP contribution in [0.5, 0.6) is 5.75 Å². The maximum atomic E-state index is 11.4. The van der Waals surface area contributed by atoms with Gasteiger partial charge in [0.1, 0.15) is 17.9 Å². The fourth-order valence-electron chi connectivity index (χ4n) is 1.25. The summed E-state index contributed by atoms with van der Waals surface area (Å²) in [6, 6.07) is 6.87. The third-order valence-corrected chi connectivity index (χ3v) is 2.18. The Morgan fingerprint density at radius 3 is 2.68 bits per heavy atom. The second-order valence-corrected chi connectivity index (χ2v) is 3.54. The minimum atomic E-state index is -1.37. The van der Waals surface area contributed by atoms with E-state index in [0.29, 0.717) is 0 Å². The molecule has 0 aliphatic carbocycles. The van der Waals surface area contributed by atoms with Gasteiger partial charge in [-0.05, 0) is 12.1 Å². The molecule has 0 spiro atoms. The molecule has 1 amide bonds. The largest absolute Gasteiger partial charge is 0.482 e. The molecule has 0 fully saturated rings. The fraction of sp³-hybridized carbons (Fsp3) is 0.250. The number of nitrogens with zero attached hydrogens (tertiary/aromatic N) is 1. The number of aliphatic hydroxyl groups excluding tert-OH is 1. The van der Waals surface area contributed by atoms with Gasteiger partial charge in [-0.15, -0.1) is 0 Å². The maximum absolute atomic E-state index is 11.4. The Morgan fingerprint density at radius 2 is 2.11 bits per heavy atom. The molecule has 19 heavy (non-hydrogen) atoms. The van der Waals surface area contributed by atoms with Gasteiger partial charge in [-0.2, -0.15) is 5.26 Å². The minimum absolute atomic E-state index is 0.232. The molecule has 0 heterocycles. The Bertz CT molecular complexity index is 509. The highest BCUT2D eigenvalue weighted by molar-refractivity contribution is 5.84. The molecule has 100 valence electrons. The number of hydrogen-bond donors (Lipinski definition) is 3. The van der Waals surface area contributed by atoms with Gasteiger partial charge in [0.2, 0.25) is 0 Å². The molecule has 0 saturated heterocycles. The molecule has 0 radical (unpaired) electrons. The van der Waals surface area contributed by atoms with E-state index in [1.165, 1.54) is 12.1 Å². The van der Waals surface area contributed by atoms with Crippen molar-refractivity contribution < 1.29 is 24.5 Å². The molecule has 0 unspecified atom stereocenters. The number of carboxylic acid groups (broad SMARTS) is 1. The van der Waals surface area contributed by atoms with Crippen molar-refractivity contribution in [2.75, 3.05) is 13.2 Å². The van der Waals surface area contributed by atoms with Crippen molar-refractivity contribution in [2.45, 2.75) is 6.04 Å². The van der Waals surface area contributed by atoms with Crippen LogP contribution in [0.1, 0.15) is 5.56 Å². The summed E-state index contributed by atoms with van der Waals surface area (Å²) >= 11 is 0. The SMILES string of the molecule is N#Cc1ccccc1OCC(=O)N[C@@H](CO)C(=O)O.